The summed E-state index contributed by atoms with van der Waals surface area (Å²) in [5.41, 5.74) is 5.84. The third-order valence-corrected chi connectivity index (χ3v) is 2.61. The molecule has 0 bridgehead atoms. The number of oxime groups is 1. The van der Waals surface area contributed by atoms with Crippen LogP contribution in [0.2, 0.25) is 0 Å². The van der Waals surface area contributed by atoms with Crippen molar-refractivity contribution in [1.29, 1.82) is 0 Å². The Balaban J connectivity index is 2.20. The maximum atomic E-state index is 13.8. The number of nitrogens with one attached hydrogen (secondary N) is 1. The van der Waals surface area contributed by atoms with E-state index in [9.17, 15) is 9.18 Å². The van der Waals surface area contributed by atoms with Crippen LogP contribution < -0.4 is 11.1 Å². The number of halogens is 1. The van der Waals surface area contributed by atoms with Crippen LogP contribution in [0.1, 0.15) is 21.7 Å². The zero-order chi connectivity index (χ0) is 14.7. The van der Waals surface area contributed by atoms with Crippen LogP contribution in [0, 0.1) is 12.7 Å². The molecule has 4 N–H and O–H groups in total. The normalized spacial score (nSPS) is 11.4. The van der Waals surface area contributed by atoms with Crippen molar-refractivity contribution in [3.8, 4) is 0 Å². The molecule has 0 unspecified atom stereocenters. The highest BCUT2D eigenvalue weighted by atomic mass is 19.1. The molecular formula is C13H12FN3O3. The van der Waals surface area contributed by atoms with Crippen LogP contribution in [0.4, 0.5) is 10.1 Å². The summed E-state index contributed by atoms with van der Waals surface area (Å²) in [6, 6.07) is 5.35. The standard InChI is InChI=1S/C13H12FN3O3/c1-7-4-9(6-20-7)13(18)16-11-3-2-8(5-10(11)14)12(15)17-19/h2-6,19H,1H3,(H2,15,17)(H,16,18). The van der Waals surface area contributed by atoms with E-state index in [1.807, 2.05) is 0 Å². The van der Waals surface area contributed by atoms with Crippen molar-refractivity contribution in [2.75, 3.05) is 5.32 Å². The second-order valence-electron chi connectivity index (χ2n) is 4.08. The van der Waals surface area contributed by atoms with E-state index in [2.05, 4.69) is 10.5 Å². The van der Waals surface area contributed by atoms with Gasteiger partial charge in [0.2, 0.25) is 0 Å². The number of amides is 1. The highest BCUT2D eigenvalue weighted by Gasteiger charge is 2.12. The van der Waals surface area contributed by atoms with Crippen LogP contribution in [0.25, 0.3) is 0 Å². The molecule has 1 aromatic carbocycles. The maximum absolute atomic E-state index is 13.8. The number of nitrogens with zero attached hydrogens (tertiary/aromatic N) is 1. The molecule has 0 fully saturated rings. The van der Waals surface area contributed by atoms with Crippen molar-refractivity contribution in [2.24, 2.45) is 10.9 Å². The summed E-state index contributed by atoms with van der Waals surface area (Å²) in [5, 5.41) is 13.7. The van der Waals surface area contributed by atoms with Crippen molar-refractivity contribution in [2.45, 2.75) is 6.92 Å². The third kappa shape index (κ3) is 2.77. The summed E-state index contributed by atoms with van der Waals surface area (Å²) in [6.07, 6.45) is 1.29. The zero-order valence-corrected chi connectivity index (χ0v) is 10.6. The quantitative estimate of drug-likeness (QED) is 0.346. The minimum absolute atomic E-state index is 0.0108. The van der Waals surface area contributed by atoms with Crippen LogP contribution in [0.5, 0.6) is 0 Å². The van der Waals surface area contributed by atoms with Crippen molar-refractivity contribution < 1.29 is 18.8 Å². The largest absolute Gasteiger partial charge is 0.469 e. The summed E-state index contributed by atoms with van der Waals surface area (Å²) < 4.78 is 18.8. The second-order valence-corrected chi connectivity index (χ2v) is 4.08. The van der Waals surface area contributed by atoms with Crippen molar-refractivity contribution >= 4 is 17.4 Å². The van der Waals surface area contributed by atoms with Crippen molar-refractivity contribution in [3.63, 3.8) is 0 Å². The van der Waals surface area contributed by atoms with E-state index in [1.54, 1.807) is 6.92 Å². The molecule has 0 aliphatic carbocycles. The Labute approximate surface area is 113 Å². The molecule has 104 valence electrons. The Morgan fingerprint density at radius 2 is 2.15 bits per heavy atom. The fraction of sp³-hybridized carbons (Fsp3) is 0.0769. The number of benzene rings is 1. The van der Waals surface area contributed by atoms with E-state index in [1.165, 1.54) is 24.5 Å². The fourth-order valence-electron chi connectivity index (χ4n) is 1.59. The lowest BCUT2D eigenvalue weighted by molar-refractivity contribution is 0.102. The zero-order valence-electron chi connectivity index (χ0n) is 10.6. The molecule has 0 aliphatic heterocycles. The first-order valence-electron chi connectivity index (χ1n) is 5.65. The van der Waals surface area contributed by atoms with Gasteiger partial charge >= 0.3 is 0 Å². The number of hydrogen-bond donors (Lipinski definition) is 3. The summed E-state index contributed by atoms with van der Waals surface area (Å²) >= 11 is 0. The van der Waals surface area contributed by atoms with Gasteiger partial charge in [0.15, 0.2) is 5.84 Å². The van der Waals surface area contributed by atoms with Gasteiger partial charge in [0.05, 0.1) is 11.3 Å². The molecule has 0 aliphatic rings. The molecule has 1 aromatic heterocycles. The first-order chi connectivity index (χ1) is 9.51. The monoisotopic (exact) mass is 277 g/mol. The summed E-state index contributed by atoms with van der Waals surface area (Å²) in [4.78, 5) is 11.8. The van der Waals surface area contributed by atoms with Crippen LogP contribution in [-0.4, -0.2) is 17.0 Å². The summed E-state index contributed by atoms with van der Waals surface area (Å²) in [6.45, 7) is 1.70. The molecule has 0 spiro atoms. The third-order valence-electron chi connectivity index (χ3n) is 2.61. The number of aryl methyl sites for hydroxylation is 1. The average molecular weight is 277 g/mol. The van der Waals surface area contributed by atoms with Gasteiger partial charge in [-0.3, -0.25) is 4.79 Å². The van der Waals surface area contributed by atoms with Gasteiger partial charge in [-0.1, -0.05) is 5.16 Å². The van der Waals surface area contributed by atoms with Gasteiger partial charge in [0, 0.05) is 5.56 Å². The van der Waals surface area contributed by atoms with Crippen molar-refractivity contribution in [1.82, 2.24) is 0 Å². The van der Waals surface area contributed by atoms with E-state index in [4.69, 9.17) is 15.4 Å². The van der Waals surface area contributed by atoms with Crippen molar-refractivity contribution in [3.05, 3.63) is 53.2 Å². The highest BCUT2D eigenvalue weighted by Crippen LogP contribution is 2.17. The number of furan rings is 1. The average Bonchev–Trinajstić information content (AvgIpc) is 2.86. The maximum Gasteiger partial charge on any atom is 0.259 e. The minimum Gasteiger partial charge on any atom is -0.469 e. The molecular weight excluding hydrogens is 265 g/mol. The van der Waals surface area contributed by atoms with Gasteiger partial charge in [0.1, 0.15) is 17.8 Å². The lowest BCUT2D eigenvalue weighted by Crippen LogP contribution is -2.15. The highest BCUT2D eigenvalue weighted by molar-refractivity contribution is 6.04. The van der Waals surface area contributed by atoms with Gasteiger partial charge in [-0.25, -0.2) is 4.39 Å². The Morgan fingerprint density at radius 3 is 2.70 bits per heavy atom. The topological polar surface area (TPSA) is 101 Å². The first kappa shape index (κ1) is 13.6. The Hall–Kier alpha value is -2.83. The van der Waals surface area contributed by atoms with Crippen LogP contribution >= 0.6 is 0 Å². The van der Waals surface area contributed by atoms with Gasteiger partial charge < -0.3 is 20.7 Å². The predicted octanol–water partition coefficient (Wildman–Crippen LogP) is 2.07. The lowest BCUT2D eigenvalue weighted by atomic mass is 10.1. The predicted molar refractivity (Wildman–Crippen MR) is 70.3 cm³/mol. The first-order valence-corrected chi connectivity index (χ1v) is 5.65. The molecule has 6 nitrogen and oxygen atoms in total. The van der Waals surface area contributed by atoms with E-state index >= 15 is 0 Å². The molecule has 7 heteroatoms. The molecule has 0 atom stereocenters. The lowest BCUT2D eigenvalue weighted by Gasteiger charge is -2.06. The van der Waals surface area contributed by atoms with Crippen LogP contribution in [-0.2, 0) is 0 Å². The van der Waals surface area contributed by atoms with Gasteiger partial charge in [-0.05, 0) is 31.2 Å². The summed E-state index contributed by atoms with van der Waals surface area (Å²) in [7, 11) is 0. The second kappa shape index (κ2) is 5.43. The molecule has 0 saturated carbocycles. The van der Waals surface area contributed by atoms with E-state index < -0.39 is 11.7 Å². The summed E-state index contributed by atoms with van der Waals surface area (Å²) in [5.74, 6) is -0.815. The van der Waals surface area contributed by atoms with Crippen LogP contribution in [0.3, 0.4) is 0 Å². The molecule has 2 aromatic rings. The Bertz CT molecular complexity index is 679. The molecule has 20 heavy (non-hydrogen) atoms. The smallest absolute Gasteiger partial charge is 0.259 e. The van der Waals surface area contributed by atoms with E-state index in [-0.39, 0.29) is 17.1 Å². The Kier molecular flexibility index (Phi) is 3.69. The molecule has 0 saturated heterocycles. The van der Waals surface area contributed by atoms with Crippen LogP contribution in [0.15, 0.2) is 40.1 Å². The number of amidine groups is 1. The fourth-order valence-corrected chi connectivity index (χ4v) is 1.59. The van der Waals surface area contributed by atoms with Gasteiger partial charge in [-0.2, -0.15) is 0 Å². The molecule has 1 heterocycles. The Morgan fingerprint density at radius 1 is 1.40 bits per heavy atom. The number of nitrogens with two attached hydrogens (primary N) is 1. The van der Waals surface area contributed by atoms with Gasteiger partial charge in [0.25, 0.3) is 5.91 Å². The number of anilines is 1. The van der Waals surface area contributed by atoms with Gasteiger partial charge in [-0.15, -0.1) is 0 Å². The number of hydrogen-bond acceptors (Lipinski definition) is 4. The van der Waals surface area contributed by atoms with E-state index in [0.29, 0.717) is 11.3 Å². The SMILES string of the molecule is Cc1cc(C(=O)Nc2ccc(/C(N)=N/O)cc2F)co1. The number of rotatable bonds is 3. The molecule has 1 amide bonds. The number of carbonyl (C=O) groups excluding carboxylic acids is 1. The minimum atomic E-state index is -0.692. The molecule has 2 rings (SSSR count). The van der Waals surface area contributed by atoms with E-state index in [0.717, 1.165) is 6.07 Å². The molecule has 0 radical (unpaired) electrons. The number of carbonyl (C=O) groups is 1.